The average molecular weight is 462 g/mol. The first-order valence-electron chi connectivity index (χ1n) is 10.6. The summed E-state index contributed by atoms with van der Waals surface area (Å²) < 4.78 is 56.3. The zero-order valence-corrected chi connectivity index (χ0v) is 17.7. The van der Waals surface area contributed by atoms with Gasteiger partial charge in [-0.3, -0.25) is 9.48 Å². The zero-order chi connectivity index (χ0) is 23.8. The predicted octanol–water partition coefficient (Wildman–Crippen LogP) is 4.68. The van der Waals surface area contributed by atoms with E-state index < -0.39 is 29.2 Å². The molecule has 3 aromatic rings. The highest BCUT2D eigenvalue weighted by Gasteiger charge is 2.41. The van der Waals surface area contributed by atoms with Crippen molar-refractivity contribution < 1.29 is 17.6 Å². The van der Waals surface area contributed by atoms with Gasteiger partial charge in [0.1, 0.15) is 17.2 Å². The number of rotatable bonds is 8. The quantitative estimate of drug-likeness (QED) is 0.422. The first-order valence-corrected chi connectivity index (χ1v) is 10.6. The Morgan fingerprint density at radius 1 is 1.33 bits per heavy atom. The van der Waals surface area contributed by atoms with Crippen molar-refractivity contribution >= 4 is 22.4 Å². The smallest absolute Gasteiger partial charge is 0.338 e. The number of pyridine rings is 1. The van der Waals surface area contributed by atoms with Gasteiger partial charge in [0, 0.05) is 17.4 Å². The molecule has 0 aliphatic heterocycles. The molecule has 2 aromatic heterocycles. The van der Waals surface area contributed by atoms with E-state index in [1.54, 1.807) is 10.7 Å². The monoisotopic (exact) mass is 462 g/mol. The lowest BCUT2D eigenvalue weighted by atomic mass is 10.0. The third-order valence-corrected chi connectivity index (χ3v) is 5.72. The molecule has 1 fully saturated rings. The summed E-state index contributed by atoms with van der Waals surface area (Å²) >= 11 is 0. The van der Waals surface area contributed by atoms with E-state index in [0.29, 0.717) is 5.52 Å². The Balaban J connectivity index is 1.72. The Kier molecular flexibility index (Phi) is 6.12. The van der Waals surface area contributed by atoms with Gasteiger partial charge >= 0.3 is 6.18 Å². The number of benzene rings is 1. The van der Waals surface area contributed by atoms with Gasteiger partial charge in [-0.1, -0.05) is 13.0 Å². The summed E-state index contributed by atoms with van der Waals surface area (Å²) in [7, 11) is 0. The standard InChI is InChI=1S/C22H22F4N6O/c1-2-28-19(22(24,25)26)14-6-5-13(11-15(14)23)30-20-18-17(8-10-29-21(18)33)32(31-20)16(7-9-27)12-3-4-12/h5-6,8,10-12,16,19,28H,2-4,7H2,1H3,(H,29,33)(H,30,31)/t16-,19-/m0/s1. The van der Waals surface area contributed by atoms with Crippen molar-refractivity contribution in [1.29, 1.82) is 5.26 Å². The highest BCUT2D eigenvalue weighted by Crippen LogP contribution is 2.43. The van der Waals surface area contributed by atoms with Gasteiger partial charge in [0.2, 0.25) is 0 Å². The summed E-state index contributed by atoms with van der Waals surface area (Å²) in [6, 6.07) is 4.81. The van der Waals surface area contributed by atoms with E-state index in [9.17, 15) is 27.6 Å². The molecule has 0 radical (unpaired) electrons. The number of hydrogen-bond donors (Lipinski definition) is 3. The molecule has 11 heteroatoms. The zero-order valence-electron chi connectivity index (χ0n) is 17.7. The number of alkyl halides is 3. The summed E-state index contributed by atoms with van der Waals surface area (Å²) in [5.74, 6) is -0.620. The summed E-state index contributed by atoms with van der Waals surface area (Å²) in [5.41, 5.74) is -0.276. The van der Waals surface area contributed by atoms with Gasteiger partial charge < -0.3 is 15.6 Å². The fraction of sp³-hybridized carbons (Fsp3) is 0.409. The number of H-pyrrole nitrogens is 1. The van der Waals surface area contributed by atoms with Crippen LogP contribution in [0.2, 0.25) is 0 Å². The van der Waals surface area contributed by atoms with Crippen LogP contribution in [0.15, 0.2) is 35.3 Å². The predicted molar refractivity (Wildman–Crippen MR) is 115 cm³/mol. The second-order valence-corrected chi connectivity index (χ2v) is 8.02. The van der Waals surface area contributed by atoms with Gasteiger partial charge in [-0.2, -0.15) is 23.5 Å². The molecule has 3 N–H and O–H groups in total. The molecule has 174 valence electrons. The maximum atomic E-state index is 14.7. The molecular weight excluding hydrogens is 440 g/mol. The van der Waals surface area contributed by atoms with E-state index in [-0.39, 0.29) is 41.8 Å². The van der Waals surface area contributed by atoms with Crippen molar-refractivity contribution in [1.82, 2.24) is 20.1 Å². The summed E-state index contributed by atoms with van der Waals surface area (Å²) in [4.78, 5) is 15.1. The summed E-state index contributed by atoms with van der Waals surface area (Å²) in [6.07, 6.45) is -1.04. The number of anilines is 2. The highest BCUT2D eigenvalue weighted by atomic mass is 19.4. The van der Waals surface area contributed by atoms with Crippen LogP contribution < -0.4 is 16.2 Å². The van der Waals surface area contributed by atoms with Crippen LogP contribution in [0.4, 0.5) is 29.1 Å². The minimum absolute atomic E-state index is 0.0146. The Hall–Kier alpha value is -3.39. The second kappa shape index (κ2) is 8.86. The third kappa shape index (κ3) is 4.57. The first kappa shape index (κ1) is 22.8. The number of aromatic nitrogens is 3. The van der Waals surface area contributed by atoms with Crippen LogP contribution in [0.25, 0.3) is 10.9 Å². The lowest BCUT2D eigenvalue weighted by Crippen LogP contribution is -2.34. The van der Waals surface area contributed by atoms with Crippen molar-refractivity contribution in [2.75, 3.05) is 11.9 Å². The number of aromatic amines is 1. The molecular formula is C22H22F4N6O. The fourth-order valence-electron chi connectivity index (χ4n) is 4.05. The molecule has 2 atom stereocenters. The molecule has 7 nitrogen and oxygen atoms in total. The van der Waals surface area contributed by atoms with E-state index in [4.69, 9.17) is 0 Å². The molecule has 1 aromatic carbocycles. The van der Waals surface area contributed by atoms with Crippen molar-refractivity contribution in [2.24, 2.45) is 5.92 Å². The molecule has 0 amide bonds. The third-order valence-electron chi connectivity index (χ3n) is 5.72. The molecule has 0 spiro atoms. The number of nitrogens with one attached hydrogen (secondary N) is 3. The molecule has 1 aliphatic carbocycles. The maximum Gasteiger partial charge on any atom is 0.408 e. The van der Waals surface area contributed by atoms with Crippen LogP contribution >= 0.6 is 0 Å². The van der Waals surface area contributed by atoms with E-state index >= 15 is 0 Å². The first-order chi connectivity index (χ1) is 15.7. The number of halogens is 4. The van der Waals surface area contributed by atoms with Crippen LogP contribution in [0, 0.1) is 23.1 Å². The van der Waals surface area contributed by atoms with Gasteiger partial charge in [-0.15, -0.1) is 0 Å². The minimum atomic E-state index is -4.66. The molecule has 0 bridgehead atoms. The number of nitriles is 1. The van der Waals surface area contributed by atoms with Crippen molar-refractivity contribution in [3.05, 3.63) is 52.2 Å². The van der Waals surface area contributed by atoms with E-state index in [2.05, 4.69) is 26.8 Å². The summed E-state index contributed by atoms with van der Waals surface area (Å²) in [6.45, 7) is 1.52. The number of hydrogen-bond acceptors (Lipinski definition) is 5. The highest BCUT2D eigenvalue weighted by molar-refractivity contribution is 5.91. The fourth-order valence-corrected chi connectivity index (χ4v) is 4.05. The molecule has 4 rings (SSSR count). The average Bonchev–Trinajstić information content (AvgIpc) is 3.53. The topological polar surface area (TPSA) is 98.5 Å². The van der Waals surface area contributed by atoms with Gasteiger partial charge in [-0.05, 0) is 43.5 Å². The number of nitrogens with zero attached hydrogens (tertiary/aromatic N) is 3. The van der Waals surface area contributed by atoms with Gasteiger partial charge in [0.25, 0.3) is 5.56 Å². The molecule has 0 unspecified atom stereocenters. The van der Waals surface area contributed by atoms with Crippen LogP contribution in [-0.2, 0) is 0 Å². The van der Waals surface area contributed by atoms with Gasteiger partial charge in [0.05, 0.1) is 24.0 Å². The second-order valence-electron chi connectivity index (χ2n) is 8.02. The van der Waals surface area contributed by atoms with Crippen LogP contribution in [-0.4, -0.2) is 27.5 Å². The van der Waals surface area contributed by atoms with E-state index in [1.807, 2.05) is 0 Å². The van der Waals surface area contributed by atoms with Crippen molar-refractivity contribution in [3.8, 4) is 6.07 Å². The lowest BCUT2D eigenvalue weighted by molar-refractivity contribution is -0.158. The van der Waals surface area contributed by atoms with E-state index in [1.165, 1.54) is 19.2 Å². The largest absolute Gasteiger partial charge is 0.408 e. The molecule has 33 heavy (non-hydrogen) atoms. The van der Waals surface area contributed by atoms with Crippen LogP contribution in [0.3, 0.4) is 0 Å². The maximum absolute atomic E-state index is 14.7. The Morgan fingerprint density at radius 3 is 2.70 bits per heavy atom. The van der Waals surface area contributed by atoms with Crippen LogP contribution in [0.5, 0.6) is 0 Å². The molecule has 1 saturated carbocycles. The molecule has 0 saturated heterocycles. The van der Waals surface area contributed by atoms with Crippen molar-refractivity contribution in [3.63, 3.8) is 0 Å². The summed E-state index contributed by atoms with van der Waals surface area (Å²) in [5, 5.41) is 19.1. The Bertz CT molecular complexity index is 1250. The molecule has 1 aliphatic rings. The van der Waals surface area contributed by atoms with Gasteiger partial charge in [-0.25, -0.2) is 4.39 Å². The minimum Gasteiger partial charge on any atom is -0.338 e. The Labute approximate surface area is 186 Å². The normalized spacial score (nSPS) is 15.9. The van der Waals surface area contributed by atoms with Gasteiger partial charge in [0.15, 0.2) is 5.82 Å². The van der Waals surface area contributed by atoms with E-state index in [0.717, 1.165) is 25.0 Å². The Morgan fingerprint density at radius 2 is 2.09 bits per heavy atom. The molecule has 2 heterocycles. The SMILES string of the molecule is CCN[C@@H](c1ccc(Nc2nn([C@@H](CC#N)C3CC3)c3cc[nH]c(=O)c23)cc1F)C(F)(F)F. The lowest BCUT2D eigenvalue weighted by Gasteiger charge is -2.22. The van der Waals surface area contributed by atoms with Crippen LogP contribution in [0.1, 0.15) is 43.8 Å². The van der Waals surface area contributed by atoms with Crippen molar-refractivity contribution in [2.45, 2.75) is 44.4 Å². The number of fused-ring (bicyclic) bond motifs is 1.